The molecule has 0 aliphatic heterocycles. The molecule has 1 fully saturated rings. The van der Waals surface area contributed by atoms with E-state index in [1.54, 1.807) is 0 Å². The minimum atomic E-state index is -0.0338. The zero-order valence-electron chi connectivity index (χ0n) is 8.63. The second kappa shape index (κ2) is 4.89. The fourth-order valence-electron chi connectivity index (χ4n) is 1.25. The Labute approximate surface area is 110 Å². The summed E-state index contributed by atoms with van der Waals surface area (Å²) in [4.78, 5) is 0. The standard InChI is InChI=1S/C11H14INO.ClH/c1-8-2-3-10(9(12)6-8)14-7-11(13)4-5-11;/h2-3,6H,4-5,7,13H2,1H3;1H. The van der Waals surface area contributed by atoms with Gasteiger partial charge in [0.05, 0.1) is 9.11 Å². The normalized spacial score (nSPS) is 16.7. The van der Waals surface area contributed by atoms with Gasteiger partial charge in [0, 0.05) is 0 Å². The molecule has 4 heteroatoms. The van der Waals surface area contributed by atoms with Gasteiger partial charge in [0.15, 0.2) is 0 Å². The van der Waals surface area contributed by atoms with E-state index in [1.807, 2.05) is 6.07 Å². The van der Waals surface area contributed by atoms with Gasteiger partial charge < -0.3 is 10.5 Å². The third-order valence-electron chi connectivity index (χ3n) is 2.49. The van der Waals surface area contributed by atoms with E-state index >= 15 is 0 Å². The SMILES string of the molecule is Cc1ccc(OCC2(N)CC2)c(I)c1.Cl. The van der Waals surface area contributed by atoms with Crippen molar-refractivity contribution in [3.8, 4) is 5.75 Å². The zero-order chi connectivity index (χ0) is 10.2. The predicted molar refractivity (Wildman–Crippen MR) is 72.8 cm³/mol. The summed E-state index contributed by atoms with van der Waals surface area (Å²) in [5.41, 5.74) is 7.17. The molecule has 1 aliphatic rings. The molecule has 15 heavy (non-hydrogen) atoms. The smallest absolute Gasteiger partial charge is 0.132 e. The van der Waals surface area contributed by atoms with Crippen LogP contribution in [0.1, 0.15) is 18.4 Å². The number of hydrogen-bond acceptors (Lipinski definition) is 2. The average Bonchev–Trinajstić information content (AvgIpc) is 2.83. The molecule has 0 spiro atoms. The highest BCUT2D eigenvalue weighted by atomic mass is 127. The lowest BCUT2D eigenvalue weighted by molar-refractivity contribution is 0.277. The van der Waals surface area contributed by atoms with E-state index in [-0.39, 0.29) is 17.9 Å². The largest absolute Gasteiger partial charge is 0.491 e. The van der Waals surface area contributed by atoms with E-state index in [0.29, 0.717) is 6.61 Å². The molecule has 2 nitrogen and oxygen atoms in total. The van der Waals surface area contributed by atoms with Crippen molar-refractivity contribution < 1.29 is 4.74 Å². The number of hydrogen-bond donors (Lipinski definition) is 1. The lowest BCUT2D eigenvalue weighted by Gasteiger charge is -2.12. The molecule has 1 aromatic rings. The highest BCUT2D eigenvalue weighted by Crippen LogP contribution is 2.33. The van der Waals surface area contributed by atoms with Crippen LogP contribution in [0.2, 0.25) is 0 Å². The van der Waals surface area contributed by atoms with Crippen molar-refractivity contribution in [3.05, 3.63) is 27.3 Å². The summed E-state index contributed by atoms with van der Waals surface area (Å²) in [7, 11) is 0. The van der Waals surface area contributed by atoms with Crippen molar-refractivity contribution in [2.75, 3.05) is 6.61 Å². The number of halogens is 2. The molecule has 0 unspecified atom stereocenters. The van der Waals surface area contributed by atoms with Gasteiger partial charge in [-0.1, -0.05) is 6.07 Å². The molecule has 1 aliphatic carbocycles. The lowest BCUT2D eigenvalue weighted by Crippen LogP contribution is -2.29. The molecule has 0 bridgehead atoms. The first-order valence-electron chi connectivity index (χ1n) is 4.77. The van der Waals surface area contributed by atoms with Gasteiger partial charge in [-0.25, -0.2) is 0 Å². The van der Waals surface area contributed by atoms with Gasteiger partial charge >= 0.3 is 0 Å². The van der Waals surface area contributed by atoms with Crippen molar-refractivity contribution in [2.45, 2.75) is 25.3 Å². The molecule has 84 valence electrons. The Morgan fingerprint density at radius 3 is 2.67 bits per heavy atom. The number of aryl methyl sites for hydroxylation is 1. The van der Waals surface area contributed by atoms with Crippen LogP contribution in [-0.4, -0.2) is 12.1 Å². The van der Waals surface area contributed by atoms with Gasteiger partial charge in [0.2, 0.25) is 0 Å². The monoisotopic (exact) mass is 339 g/mol. The molecule has 2 N–H and O–H groups in total. The average molecular weight is 340 g/mol. The van der Waals surface area contributed by atoms with Gasteiger partial charge in [0.1, 0.15) is 12.4 Å². The first kappa shape index (κ1) is 13.1. The maximum absolute atomic E-state index is 5.95. The van der Waals surface area contributed by atoms with Crippen LogP contribution < -0.4 is 10.5 Å². The van der Waals surface area contributed by atoms with Crippen LogP contribution >= 0.6 is 35.0 Å². The Morgan fingerprint density at radius 1 is 1.47 bits per heavy atom. The zero-order valence-corrected chi connectivity index (χ0v) is 11.6. The van der Waals surface area contributed by atoms with Crippen molar-refractivity contribution in [1.29, 1.82) is 0 Å². The van der Waals surface area contributed by atoms with Gasteiger partial charge in [-0.3, -0.25) is 0 Å². The number of rotatable bonds is 3. The second-order valence-corrected chi connectivity index (χ2v) is 5.25. The highest BCUT2D eigenvalue weighted by molar-refractivity contribution is 14.1. The van der Waals surface area contributed by atoms with Crippen LogP contribution in [0.15, 0.2) is 18.2 Å². The van der Waals surface area contributed by atoms with Crippen molar-refractivity contribution in [2.24, 2.45) is 5.73 Å². The van der Waals surface area contributed by atoms with E-state index in [0.717, 1.165) is 22.2 Å². The van der Waals surface area contributed by atoms with Crippen molar-refractivity contribution >= 4 is 35.0 Å². The molecule has 2 rings (SSSR count). The summed E-state index contributed by atoms with van der Waals surface area (Å²) in [6.07, 6.45) is 2.19. The number of benzene rings is 1. The van der Waals surface area contributed by atoms with Crippen LogP contribution in [0.3, 0.4) is 0 Å². The lowest BCUT2D eigenvalue weighted by atomic mass is 10.2. The van der Waals surface area contributed by atoms with Crippen LogP contribution in [-0.2, 0) is 0 Å². The van der Waals surface area contributed by atoms with E-state index in [9.17, 15) is 0 Å². The number of ether oxygens (including phenoxy) is 1. The van der Waals surface area contributed by atoms with Crippen LogP contribution in [0.5, 0.6) is 5.75 Å². The summed E-state index contributed by atoms with van der Waals surface area (Å²) >= 11 is 2.29. The third kappa shape index (κ3) is 3.50. The molecular formula is C11H15ClINO. The Hall–Kier alpha value is -0.0000000000000000555. The Morgan fingerprint density at radius 2 is 2.13 bits per heavy atom. The summed E-state index contributed by atoms with van der Waals surface area (Å²) < 4.78 is 6.85. The van der Waals surface area contributed by atoms with Crippen LogP contribution in [0.4, 0.5) is 0 Å². The van der Waals surface area contributed by atoms with E-state index in [1.165, 1.54) is 5.56 Å². The quantitative estimate of drug-likeness (QED) is 0.860. The molecule has 0 heterocycles. The highest BCUT2D eigenvalue weighted by Gasteiger charge is 2.39. The fraction of sp³-hybridized carbons (Fsp3) is 0.455. The molecular weight excluding hydrogens is 324 g/mol. The van der Waals surface area contributed by atoms with Crippen molar-refractivity contribution in [3.63, 3.8) is 0 Å². The fourth-order valence-corrected chi connectivity index (χ4v) is 2.08. The maximum Gasteiger partial charge on any atom is 0.132 e. The number of nitrogens with two attached hydrogens (primary N) is 1. The van der Waals surface area contributed by atoms with E-state index < -0.39 is 0 Å². The Balaban J connectivity index is 0.00000112. The van der Waals surface area contributed by atoms with Crippen LogP contribution in [0, 0.1) is 10.5 Å². The second-order valence-electron chi connectivity index (χ2n) is 4.08. The van der Waals surface area contributed by atoms with Gasteiger partial charge in [-0.05, 0) is 60.1 Å². The molecule has 1 aromatic carbocycles. The van der Waals surface area contributed by atoms with Gasteiger partial charge in [-0.15, -0.1) is 12.4 Å². The minimum absolute atomic E-state index is 0. The molecule has 0 saturated heterocycles. The van der Waals surface area contributed by atoms with E-state index in [4.69, 9.17) is 10.5 Å². The maximum atomic E-state index is 5.95. The topological polar surface area (TPSA) is 35.2 Å². The Kier molecular flexibility index (Phi) is 4.26. The van der Waals surface area contributed by atoms with E-state index in [2.05, 4.69) is 41.6 Å². The molecule has 0 atom stereocenters. The van der Waals surface area contributed by atoms with Gasteiger partial charge in [0.25, 0.3) is 0 Å². The predicted octanol–water partition coefficient (Wildman–Crippen LogP) is 2.89. The summed E-state index contributed by atoms with van der Waals surface area (Å²) in [5, 5.41) is 0. The van der Waals surface area contributed by atoms with Gasteiger partial charge in [-0.2, -0.15) is 0 Å². The molecule has 0 amide bonds. The molecule has 0 radical (unpaired) electrons. The summed E-state index contributed by atoms with van der Waals surface area (Å²) in [5.74, 6) is 0.952. The first-order valence-corrected chi connectivity index (χ1v) is 5.85. The first-order chi connectivity index (χ1) is 6.59. The molecule has 1 saturated carbocycles. The minimum Gasteiger partial charge on any atom is -0.491 e. The van der Waals surface area contributed by atoms with Crippen LogP contribution in [0.25, 0.3) is 0 Å². The summed E-state index contributed by atoms with van der Waals surface area (Å²) in [6.45, 7) is 2.73. The Bertz CT molecular complexity index is 352. The van der Waals surface area contributed by atoms with Crippen molar-refractivity contribution in [1.82, 2.24) is 0 Å². The third-order valence-corrected chi connectivity index (χ3v) is 3.34. The molecule has 0 aromatic heterocycles. The summed E-state index contributed by atoms with van der Waals surface area (Å²) in [6, 6.07) is 6.20.